The lowest BCUT2D eigenvalue weighted by Crippen LogP contribution is -2.37. The van der Waals surface area contributed by atoms with Crippen molar-refractivity contribution in [1.82, 2.24) is 0 Å². The molecular formula is C72H136O9. The summed E-state index contributed by atoms with van der Waals surface area (Å²) < 4.78 is 27.0. The highest BCUT2D eigenvalue weighted by atomic mass is 16.5. The van der Waals surface area contributed by atoms with Crippen molar-refractivity contribution in [2.75, 3.05) is 33.0 Å². The van der Waals surface area contributed by atoms with E-state index in [4.69, 9.17) is 23.7 Å². The third-order valence-electron chi connectivity index (χ3n) is 17.9. The van der Waals surface area contributed by atoms with Crippen LogP contribution in [0.25, 0.3) is 0 Å². The zero-order valence-corrected chi connectivity index (χ0v) is 56.6. The van der Waals surface area contributed by atoms with Crippen molar-refractivity contribution in [2.45, 2.75) is 304 Å². The van der Waals surface area contributed by atoms with Gasteiger partial charge in [0.05, 0.1) is 62.5 Å². The zero-order chi connectivity index (χ0) is 61.1. The molecule has 0 spiro atoms. The molecule has 12 atom stereocenters. The molecule has 3 saturated carbocycles. The normalized spacial score (nSPS) is 24.2. The van der Waals surface area contributed by atoms with E-state index in [1.54, 1.807) is 0 Å². The summed E-state index contributed by atoms with van der Waals surface area (Å²) in [4.78, 5) is 48.8. The predicted octanol–water partition coefficient (Wildman–Crippen LogP) is 20.6. The van der Waals surface area contributed by atoms with Crippen LogP contribution in [0.15, 0.2) is 12.3 Å². The maximum atomic E-state index is 12.6. The molecule has 4 fully saturated rings. The maximum Gasteiger partial charge on any atom is 0.309 e. The minimum atomic E-state index is -0.328. The number of ether oxygens (including phenoxy) is 5. The fourth-order valence-electron chi connectivity index (χ4n) is 13.1. The van der Waals surface area contributed by atoms with E-state index in [0.717, 1.165) is 111 Å². The van der Waals surface area contributed by atoms with Crippen LogP contribution in [-0.4, -0.2) is 56.9 Å². The van der Waals surface area contributed by atoms with Crippen molar-refractivity contribution >= 4 is 23.9 Å². The Morgan fingerprint density at radius 2 is 0.815 bits per heavy atom. The Bertz CT molecular complexity index is 1570. The Balaban J connectivity index is 0.00000116. The van der Waals surface area contributed by atoms with Crippen molar-refractivity contribution in [3.05, 3.63) is 12.3 Å². The van der Waals surface area contributed by atoms with Crippen molar-refractivity contribution in [1.29, 1.82) is 0 Å². The summed E-state index contributed by atoms with van der Waals surface area (Å²) in [5.74, 6) is 7.58. The molecule has 9 nitrogen and oxygen atoms in total. The third-order valence-corrected chi connectivity index (χ3v) is 17.9. The Morgan fingerprint density at radius 3 is 1.23 bits per heavy atom. The Kier molecular flexibility index (Phi) is 47.1. The van der Waals surface area contributed by atoms with Gasteiger partial charge in [0.2, 0.25) is 0 Å². The van der Waals surface area contributed by atoms with Gasteiger partial charge in [-0.05, 0) is 138 Å². The SMILES string of the molecule is C=C(OCCC)C1CC(CCCC(C)CCCC(C)C)CCC1C(=O)OCCC.CC.CC.CC(C)CCCC(C)CCCC1CCC2C(=O)OCC2C1.CCOC(=O)C1CCC(CCCC(C)CCCC(C)C)CC1C(=O)OCC. The van der Waals surface area contributed by atoms with Gasteiger partial charge in [0.15, 0.2) is 0 Å². The van der Waals surface area contributed by atoms with Crippen LogP contribution in [0.5, 0.6) is 0 Å². The maximum absolute atomic E-state index is 12.6. The van der Waals surface area contributed by atoms with Crippen LogP contribution >= 0.6 is 0 Å². The minimum Gasteiger partial charge on any atom is -0.498 e. The van der Waals surface area contributed by atoms with Crippen molar-refractivity contribution in [2.24, 2.45) is 88.8 Å². The van der Waals surface area contributed by atoms with Gasteiger partial charge < -0.3 is 23.7 Å². The van der Waals surface area contributed by atoms with E-state index in [0.29, 0.717) is 50.8 Å². The molecule has 4 rings (SSSR count). The van der Waals surface area contributed by atoms with E-state index in [2.05, 4.69) is 75.8 Å². The van der Waals surface area contributed by atoms with E-state index in [9.17, 15) is 19.2 Å². The summed E-state index contributed by atoms with van der Waals surface area (Å²) in [6.45, 7) is 43.6. The van der Waals surface area contributed by atoms with Gasteiger partial charge in [-0.1, -0.05) is 226 Å². The molecule has 0 amide bonds. The predicted molar refractivity (Wildman–Crippen MR) is 342 cm³/mol. The van der Waals surface area contributed by atoms with Gasteiger partial charge in [-0.25, -0.2) is 0 Å². The summed E-state index contributed by atoms with van der Waals surface area (Å²) >= 11 is 0. The zero-order valence-electron chi connectivity index (χ0n) is 56.6. The smallest absolute Gasteiger partial charge is 0.309 e. The standard InChI is InChI=1S/C26H48O3.C23H42O4.C19H34O2.2C2H6/c1-7-17-28-22(6)25-19-23(15-16-24(25)26(27)29-18-8-2)14-10-13-21(5)12-9-11-20(3)4;1-6-26-22(24)20-15-14-19(16-21(20)23(25)27-7-2)13-9-12-18(5)11-8-10-17(3)4;1-14(2)6-4-7-15(3)8-5-9-16-10-11-18-17(12-16)13-21-19(18)20;2*1-2/h20-21,23-25H,6-19H2,1-5H3;17-21H,6-16H2,1-5H3;14-18H,4-13H2,1-3H3;2*1-2H3. The molecule has 3 aliphatic carbocycles. The quantitative estimate of drug-likeness (QED) is 0.0348. The van der Waals surface area contributed by atoms with Crippen LogP contribution in [0.3, 0.4) is 0 Å². The molecule has 0 bridgehead atoms. The Hall–Kier alpha value is -2.58. The molecule has 0 aromatic rings. The van der Waals surface area contributed by atoms with Crippen LogP contribution < -0.4 is 0 Å². The second kappa shape index (κ2) is 48.6. The molecule has 9 heteroatoms. The number of hydrogen-bond donors (Lipinski definition) is 0. The van der Waals surface area contributed by atoms with Crippen LogP contribution in [0.1, 0.15) is 304 Å². The first-order chi connectivity index (χ1) is 38.8. The highest BCUT2D eigenvalue weighted by molar-refractivity contribution is 5.82. The molecule has 478 valence electrons. The molecule has 1 aliphatic heterocycles. The first-order valence-corrected chi connectivity index (χ1v) is 34.8. The summed E-state index contributed by atoms with van der Waals surface area (Å²) in [7, 11) is 0. The molecule has 12 unspecified atom stereocenters. The number of esters is 4. The minimum absolute atomic E-state index is 0.0460. The van der Waals surface area contributed by atoms with Crippen LogP contribution in [0.2, 0.25) is 0 Å². The number of allylic oxidation sites excluding steroid dienone is 1. The summed E-state index contributed by atoms with van der Waals surface area (Å²) in [5.41, 5.74) is 0. The molecule has 0 aromatic carbocycles. The van der Waals surface area contributed by atoms with Gasteiger partial charge in [0, 0.05) is 11.8 Å². The molecule has 0 aromatic heterocycles. The average molecular weight is 1150 g/mol. The van der Waals surface area contributed by atoms with Crippen molar-refractivity contribution in [3.8, 4) is 0 Å². The molecule has 0 N–H and O–H groups in total. The van der Waals surface area contributed by atoms with Gasteiger partial charge in [-0.3, -0.25) is 19.2 Å². The molecule has 0 radical (unpaired) electrons. The van der Waals surface area contributed by atoms with E-state index >= 15 is 0 Å². The first kappa shape index (κ1) is 78.4. The number of carbonyl (C=O) groups excluding carboxylic acids is 4. The summed E-state index contributed by atoms with van der Waals surface area (Å²) in [5, 5.41) is 0. The number of fused-ring (bicyclic) bond motifs is 1. The summed E-state index contributed by atoms with van der Waals surface area (Å²) in [6.07, 6.45) is 34.9. The van der Waals surface area contributed by atoms with Gasteiger partial charge in [0.25, 0.3) is 0 Å². The number of carbonyl (C=O) groups is 4. The lowest BCUT2D eigenvalue weighted by atomic mass is 9.71. The van der Waals surface area contributed by atoms with E-state index in [1.807, 2.05) is 48.5 Å². The molecule has 4 aliphatic rings. The molecule has 81 heavy (non-hydrogen) atoms. The van der Waals surface area contributed by atoms with Gasteiger partial charge in [-0.15, -0.1) is 0 Å². The van der Waals surface area contributed by atoms with Crippen molar-refractivity contribution < 1.29 is 42.9 Å². The fourth-order valence-corrected chi connectivity index (χ4v) is 13.1. The van der Waals surface area contributed by atoms with Gasteiger partial charge in [-0.2, -0.15) is 0 Å². The second-order valence-corrected chi connectivity index (χ2v) is 26.5. The first-order valence-electron chi connectivity index (χ1n) is 34.8. The second-order valence-electron chi connectivity index (χ2n) is 26.5. The summed E-state index contributed by atoms with van der Waals surface area (Å²) in [6, 6.07) is 0. The molecule has 1 heterocycles. The largest absolute Gasteiger partial charge is 0.498 e. The van der Waals surface area contributed by atoms with E-state index in [-0.39, 0.29) is 53.5 Å². The highest BCUT2D eigenvalue weighted by Gasteiger charge is 2.42. The number of rotatable bonds is 35. The van der Waals surface area contributed by atoms with Crippen LogP contribution in [0.4, 0.5) is 0 Å². The van der Waals surface area contributed by atoms with E-state index < -0.39 is 0 Å². The lowest BCUT2D eigenvalue weighted by molar-refractivity contribution is -0.163. The van der Waals surface area contributed by atoms with E-state index in [1.165, 1.54) is 122 Å². The third kappa shape index (κ3) is 35.5. The highest BCUT2D eigenvalue weighted by Crippen LogP contribution is 2.43. The van der Waals surface area contributed by atoms with Crippen LogP contribution in [-0.2, 0) is 42.9 Å². The van der Waals surface area contributed by atoms with Crippen molar-refractivity contribution in [3.63, 3.8) is 0 Å². The Morgan fingerprint density at radius 1 is 0.457 bits per heavy atom. The average Bonchev–Trinajstić information content (AvgIpc) is 3.81. The lowest BCUT2D eigenvalue weighted by Gasteiger charge is -2.35. The van der Waals surface area contributed by atoms with Gasteiger partial charge in [0.1, 0.15) is 0 Å². The van der Waals surface area contributed by atoms with Gasteiger partial charge >= 0.3 is 23.9 Å². The number of hydrogen-bond acceptors (Lipinski definition) is 9. The fraction of sp³-hybridized carbons (Fsp3) is 0.917. The molecule has 1 saturated heterocycles. The topological polar surface area (TPSA) is 114 Å². The van der Waals surface area contributed by atoms with Crippen LogP contribution in [0, 0.1) is 88.8 Å². The Labute approximate surface area is 502 Å². The molecular weight excluding hydrogens is 1010 g/mol. The monoisotopic (exact) mass is 1150 g/mol. The number of cyclic esters (lactones) is 1.